The first-order valence-electron chi connectivity index (χ1n) is 6.02. The highest BCUT2D eigenvalue weighted by molar-refractivity contribution is 5.94. The first-order valence-corrected chi connectivity index (χ1v) is 6.02. The second-order valence-corrected chi connectivity index (χ2v) is 4.50. The van der Waals surface area contributed by atoms with Crippen LogP contribution in [0.5, 0.6) is 0 Å². The molecule has 0 atom stereocenters. The van der Waals surface area contributed by atoms with Crippen LogP contribution in [-0.2, 0) is 11.2 Å². The summed E-state index contributed by atoms with van der Waals surface area (Å²) >= 11 is 0. The molecule has 1 amide bonds. The number of aryl methyl sites for hydroxylation is 1. The van der Waals surface area contributed by atoms with Crippen LogP contribution in [0, 0.1) is 0 Å². The summed E-state index contributed by atoms with van der Waals surface area (Å²) in [6, 6.07) is 5.27. The first kappa shape index (κ1) is 12.2. The predicted molar refractivity (Wildman–Crippen MR) is 72.3 cm³/mol. The maximum atomic E-state index is 11.7. The first-order chi connectivity index (χ1) is 9.54. The Bertz CT molecular complexity index is 772. The van der Waals surface area contributed by atoms with Gasteiger partial charge in [0.25, 0.3) is 5.89 Å². The molecule has 0 fully saturated rings. The van der Waals surface area contributed by atoms with E-state index in [1.54, 1.807) is 12.1 Å². The molecule has 1 aromatic carbocycles. The number of hydrogen-bond acceptors (Lipinski definition) is 5. The number of aromatic nitrogens is 2. The molecule has 0 spiro atoms. The van der Waals surface area contributed by atoms with Crippen LogP contribution in [-0.4, -0.2) is 15.7 Å². The van der Waals surface area contributed by atoms with Crippen LogP contribution in [0.1, 0.15) is 17.9 Å². The van der Waals surface area contributed by atoms with Crippen molar-refractivity contribution < 1.29 is 9.21 Å². The fourth-order valence-corrected chi connectivity index (χ4v) is 2.06. The number of nitrogens with one attached hydrogen (secondary N) is 1. The highest BCUT2D eigenvalue weighted by atomic mass is 16.4. The Morgan fingerprint density at radius 2 is 2.20 bits per heavy atom. The van der Waals surface area contributed by atoms with Crippen molar-refractivity contribution in [3.63, 3.8) is 0 Å². The molecule has 3 rings (SSSR count). The maximum absolute atomic E-state index is 11.7. The largest absolute Gasteiger partial charge is 0.442 e. The standard InChI is InChI=1S/C13H12N4O3/c1-7(14)12-16-17(13(19)20-12)9-4-2-8-3-5-11(18)15-10(8)6-9/h2,4,6H,1,3,5,14H2,(H,15,18). The van der Waals surface area contributed by atoms with Gasteiger partial charge >= 0.3 is 5.76 Å². The van der Waals surface area contributed by atoms with Gasteiger partial charge < -0.3 is 15.5 Å². The van der Waals surface area contributed by atoms with Crippen LogP contribution in [0.15, 0.2) is 34.0 Å². The number of nitrogens with zero attached hydrogens (tertiary/aromatic N) is 2. The molecule has 20 heavy (non-hydrogen) atoms. The van der Waals surface area contributed by atoms with E-state index in [0.717, 1.165) is 10.2 Å². The molecule has 0 saturated heterocycles. The van der Waals surface area contributed by atoms with Crippen LogP contribution >= 0.6 is 0 Å². The Morgan fingerprint density at radius 3 is 2.90 bits per heavy atom. The van der Waals surface area contributed by atoms with Crippen molar-refractivity contribution in [1.82, 2.24) is 9.78 Å². The van der Waals surface area contributed by atoms with Crippen molar-refractivity contribution in [3.8, 4) is 5.69 Å². The topological polar surface area (TPSA) is 103 Å². The number of nitrogens with two attached hydrogens (primary N) is 1. The van der Waals surface area contributed by atoms with Crippen molar-refractivity contribution in [2.45, 2.75) is 12.8 Å². The Morgan fingerprint density at radius 1 is 1.40 bits per heavy atom. The molecule has 1 aliphatic rings. The van der Waals surface area contributed by atoms with Crippen LogP contribution < -0.4 is 16.8 Å². The lowest BCUT2D eigenvalue weighted by atomic mass is 10.0. The Labute approximate surface area is 113 Å². The lowest BCUT2D eigenvalue weighted by molar-refractivity contribution is -0.116. The van der Waals surface area contributed by atoms with Crippen molar-refractivity contribution in [1.29, 1.82) is 0 Å². The van der Waals surface area contributed by atoms with E-state index in [0.29, 0.717) is 24.2 Å². The number of fused-ring (bicyclic) bond motifs is 1. The molecular formula is C13H12N4O3. The minimum absolute atomic E-state index is 0.0169. The smallest absolute Gasteiger partial charge is 0.395 e. The summed E-state index contributed by atoms with van der Waals surface area (Å²) in [6.45, 7) is 3.47. The minimum atomic E-state index is -0.659. The second kappa shape index (κ2) is 4.37. The second-order valence-electron chi connectivity index (χ2n) is 4.50. The van der Waals surface area contributed by atoms with Crippen molar-refractivity contribution in [3.05, 3.63) is 46.8 Å². The van der Waals surface area contributed by atoms with Gasteiger partial charge in [-0.1, -0.05) is 12.6 Å². The molecule has 0 aliphatic carbocycles. The van der Waals surface area contributed by atoms with E-state index in [4.69, 9.17) is 10.2 Å². The summed E-state index contributed by atoms with van der Waals surface area (Å²) in [6.07, 6.45) is 1.15. The number of hydrogen-bond donors (Lipinski definition) is 2. The molecular weight excluding hydrogens is 260 g/mol. The zero-order valence-corrected chi connectivity index (χ0v) is 10.5. The molecule has 7 heteroatoms. The molecule has 3 N–H and O–H groups in total. The molecule has 0 radical (unpaired) electrons. The van der Waals surface area contributed by atoms with Crippen LogP contribution in [0.3, 0.4) is 0 Å². The third kappa shape index (κ3) is 1.99. The minimum Gasteiger partial charge on any atom is -0.395 e. The van der Waals surface area contributed by atoms with Crippen molar-refractivity contribution in [2.24, 2.45) is 5.73 Å². The van der Waals surface area contributed by atoms with E-state index in [1.165, 1.54) is 0 Å². The Hall–Kier alpha value is -2.83. The average molecular weight is 272 g/mol. The van der Waals surface area contributed by atoms with Gasteiger partial charge in [-0.15, -0.1) is 5.10 Å². The number of rotatable bonds is 2. The zero-order valence-electron chi connectivity index (χ0n) is 10.5. The highest BCUT2D eigenvalue weighted by Gasteiger charge is 2.17. The number of anilines is 1. The number of amides is 1. The van der Waals surface area contributed by atoms with E-state index < -0.39 is 5.76 Å². The van der Waals surface area contributed by atoms with Crippen LogP contribution in [0.25, 0.3) is 11.4 Å². The monoisotopic (exact) mass is 272 g/mol. The van der Waals surface area contributed by atoms with E-state index in [1.807, 2.05) is 6.07 Å². The molecule has 2 heterocycles. The molecule has 0 unspecified atom stereocenters. The lowest BCUT2D eigenvalue weighted by Crippen LogP contribution is -2.20. The fourth-order valence-electron chi connectivity index (χ4n) is 2.06. The van der Waals surface area contributed by atoms with Gasteiger partial charge in [0.15, 0.2) is 0 Å². The summed E-state index contributed by atoms with van der Waals surface area (Å²) in [5.41, 5.74) is 7.72. The van der Waals surface area contributed by atoms with Gasteiger partial charge in [0.05, 0.1) is 11.4 Å². The molecule has 0 bridgehead atoms. The van der Waals surface area contributed by atoms with Crippen molar-refractivity contribution >= 4 is 17.3 Å². The number of carbonyl (C=O) groups excluding carboxylic acids is 1. The van der Waals surface area contributed by atoms with Gasteiger partial charge in [0.1, 0.15) is 0 Å². The van der Waals surface area contributed by atoms with Crippen molar-refractivity contribution in [2.75, 3.05) is 5.32 Å². The molecule has 7 nitrogen and oxygen atoms in total. The number of benzene rings is 1. The van der Waals surface area contributed by atoms with Gasteiger partial charge in [-0.25, -0.2) is 4.79 Å². The number of carbonyl (C=O) groups is 1. The summed E-state index contributed by atoms with van der Waals surface area (Å²) in [5.74, 6) is -0.719. The predicted octanol–water partition coefficient (Wildman–Crippen LogP) is 0.640. The van der Waals surface area contributed by atoms with Gasteiger partial charge in [0, 0.05) is 12.1 Å². The quantitative estimate of drug-likeness (QED) is 0.835. The molecule has 0 saturated carbocycles. The third-order valence-corrected chi connectivity index (χ3v) is 3.06. The normalized spacial score (nSPS) is 13.7. The van der Waals surface area contributed by atoms with Gasteiger partial charge in [0.2, 0.25) is 5.91 Å². The summed E-state index contributed by atoms with van der Waals surface area (Å²) in [7, 11) is 0. The average Bonchev–Trinajstić information content (AvgIpc) is 2.80. The SMILES string of the molecule is C=C(N)c1nn(-c2ccc3c(c2)NC(=O)CC3)c(=O)o1. The van der Waals surface area contributed by atoms with Gasteiger partial charge in [-0.05, 0) is 24.1 Å². The Balaban J connectivity index is 2.07. The lowest BCUT2D eigenvalue weighted by Gasteiger charge is -2.17. The molecule has 1 aliphatic heterocycles. The fraction of sp³-hybridized carbons (Fsp3) is 0.154. The molecule has 102 valence electrons. The highest BCUT2D eigenvalue weighted by Crippen LogP contribution is 2.24. The third-order valence-electron chi connectivity index (χ3n) is 3.06. The zero-order chi connectivity index (χ0) is 14.3. The maximum Gasteiger partial charge on any atom is 0.442 e. The van der Waals surface area contributed by atoms with Gasteiger partial charge in [-0.2, -0.15) is 4.68 Å². The Kier molecular flexibility index (Phi) is 2.67. The summed E-state index contributed by atoms with van der Waals surface area (Å²) < 4.78 is 5.96. The summed E-state index contributed by atoms with van der Waals surface area (Å²) in [4.78, 5) is 23.1. The summed E-state index contributed by atoms with van der Waals surface area (Å²) in [5, 5.41) is 6.71. The van der Waals surface area contributed by atoms with Gasteiger partial charge in [-0.3, -0.25) is 4.79 Å². The van der Waals surface area contributed by atoms with E-state index in [9.17, 15) is 9.59 Å². The van der Waals surface area contributed by atoms with E-state index in [2.05, 4.69) is 17.0 Å². The molecule has 1 aromatic heterocycles. The van der Waals surface area contributed by atoms with E-state index >= 15 is 0 Å². The van der Waals surface area contributed by atoms with E-state index in [-0.39, 0.29) is 17.5 Å². The molecule has 2 aromatic rings. The van der Waals surface area contributed by atoms with Crippen LogP contribution in [0.2, 0.25) is 0 Å². The van der Waals surface area contributed by atoms with Crippen LogP contribution in [0.4, 0.5) is 5.69 Å².